The quantitative estimate of drug-likeness (QED) is 0.110. The Morgan fingerprint density at radius 2 is 1.42 bits per heavy atom. The molecule has 5 aromatic rings. The van der Waals surface area contributed by atoms with E-state index in [1.807, 2.05) is 30.3 Å². The Labute approximate surface area is 262 Å². The van der Waals surface area contributed by atoms with E-state index in [9.17, 15) is 19.2 Å². The molecule has 206 valence electrons. The lowest BCUT2D eigenvalue weighted by Crippen LogP contribution is -2.29. The summed E-state index contributed by atoms with van der Waals surface area (Å²) in [7, 11) is 0. The highest BCUT2D eigenvalue weighted by Gasteiger charge is 2.42. The maximum Gasteiger partial charge on any atom is 0.267 e. The number of fused-ring (bicyclic) bond motifs is 8. The number of allylic oxidation sites excluding steroid dienone is 4. The van der Waals surface area contributed by atoms with Gasteiger partial charge in [-0.3, -0.25) is 19.2 Å². The SMILES string of the molecule is O=C1C=CC2=C(C1=O)c1cc2cc(-c2ccc3cccc(N4C(=O)c5c(Cl)c(Cl)c6c(Cl)c(Cl)ccc6c5C4=O)c3n2)c1. The van der Waals surface area contributed by atoms with Gasteiger partial charge >= 0.3 is 0 Å². The third-order valence-corrected chi connectivity index (χ3v) is 9.63. The standard InChI is InChI=1S/C33H12Cl4N2O4/c34-19-7-5-18-24-26(29(37)28(36)25(18)27(19)35)33(43)39(32(24)42)21-3-1-2-13-4-8-20(38-30(13)21)15-10-14-11-16(12-15)23-17(14)6-9-22(40)31(23)41/h1-12H. The molecular weight excluding hydrogens is 630 g/mol. The van der Waals surface area contributed by atoms with Crippen molar-refractivity contribution in [3.05, 3.63) is 115 Å². The molecule has 4 aromatic carbocycles. The number of aromatic nitrogens is 1. The van der Waals surface area contributed by atoms with Crippen molar-refractivity contribution in [1.82, 2.24) is 4.98 Å². The first-order valence-corrected chi connectivity index (χ1v) is 14.4. The Morgan fingerprint density at radius 3 is 2.23 bits per heavy atom. The van der Waals surface area contributed by atoms with Crippen molar-refractivity contribution in [1.29, 1.82) is 0 Å². The van der Waals surface area contributed by atoms with Gasteiger partial charge in [0.15, 0.2) is 0 Å². The third kappa shape index (κ3) is 3.52. The summed E-state index contributed by atoms with van der Waals surface area (Å²) in [6, 6.07) is 17.5. The zero-order valence-corrected chi connectivity index (χ0v) is 24.5. The predicted octanol–water partition coefficient (Wildman–Crippen LogP) is 8.40. The first-order chi connectivity index (χ1) is 20.7. The van der Waals surface area contributed by atoms with Crippen LogP contribution in [-0.2, 0) is 9.59 Å². The van der Waals surface area contributed by atoms with Crippen molar-refractivity contribution in [2.24, 2.45) is 0 Å². The molecule has 8 rings (SSSR count). The van der Waals surface area contributed by atoms with Crippen LogP contribution < -0.4 is 4.90 Å². The number of hydrogen-bond acceptors (Lipinski definition) is 5. The van der Waals surface area contributed by atoms with Crippen LogP contribution in [0.2, 0.25) is 20.1 Å². The van der Waals surface area contributed by atoms with E-state index in [0.29, 0.717) is 44.3 Å². The molecule has 0 unspecified atom stereocenters. The number of ketones is 2. The molecule has 1 aromatic heterocycles. The second-order valence-electron chi connectivity index (χ2n) is 10.3. The number of hydrogen-bond donors (Lipinski definition) is 0. The molecule has 3 aliphatic rings. The number of pyridine rings is 1. The number of carbonyl (C=O) groups is 4. The van der Waals surface area contributed by atoms with E-state index in [0.717, 1.165) is 10.5 Å². The van der Waals surface area contributed by atoms with Crippen LogP contribution in [0.3, 0.4) is 0 Å². The summed E-state index contributed by atoms with van der Waals surface area (Å²) < 4.78 is 0. The van der Waals surface area contributed by atoms with E-state index in [-0.39, 0.29) is 42.3 Å². The molecule has 0 saturated heterocycles. The lowest BCUT2D eigenvalue weighted by molar-refractivity contribution is -0.130. The number of halogens is 4. The molecule has 2 amide bonds. The highest BCUT2D eigenvalue weighted by molar-refractivity contribution is 6.61. The summed E-state index contributed by atoms with van der Waals surface area (Å²) in [5, 5.41) is 1.62. The second kappa shape index (κ2) is 9.09. The Hall–Kier alpha value is -4.33. The van der Waals surface area contributed by atoms with Crippen LogP contribution in [0.1, 0.15) is 31.8 Å². The van der Waals surface area contributed by atoms with Crippen molar-refractivity contribution in [3.63, 3.8) is 0 Å². The number of carbonyl (C=O) groups excluding carboxylic acids is 4. The van der Waals surface area contributed by atoms with Gasteiger partial charge in [0.05, 0.1) is 48.1 Å². The maximum atomic E-state index is 14.0. The molecule has 2 aliphatic carbocycles. The average Bonchev–Trinajstić information content (AvgIpc) is 3.42. The highest BCUT2D eigenvalue weighted by Crippen LogP contribution is 2.47. The van der Waals surface area contributed by atoms with Crippen LogP contribution in [0.4, 0.5) is 5.69 Å². The summed E-state index contributed by atoms with van der Waals surface area (Å²) in [6.45, 7) is 0. The van der Waals surface area contributed by atoms with Gasteiger partial charge in [-0.25, -0.2) is 9.88 Å². The summed E-state index contributed by atoms with van der Waals surface area (Å²) in [4.78, 5) is 58.4. The summed E-state index contributed by atoms with van der Waals surface area (Å²) >= 11 is 25.8. The summed E-state index contributed by atoms with van der Waals surface area (Å²) in [6.07, 6.45) is 2.94. The van der Waals surface area contributed by atoms with Crippen molar-refractivity contribution >= 4 is 108 Å². The second-order valence-corrected chi connectivity index (χ2v) is 11.8. The lowest BCUT2D eigenvalue weighted by Gasteiger charge is -2.16. The number of benzene rings is 4. The minimum atomic E-state index is -0.645. The Bertz CT molecular complexity index is 2320. The molecule has 0 N–H and O–H groups in total. The van der Waals surface area contributed by atoms with E-state index >= 15 is 0 Å². The molecule has 0 spiro atoms. The molecule has 0 atom stereocenters. The van der Waals surface area contributed by atoms with Gasteiger partial charge in [0, 0.05) is 21.9 Å². The van der Waals surface area contributed by atoms with E-state index in [1.54, 1.807) is 30.3 Å². The van der Waals surface area contributed by atoms with Gasteiger partial charge in [-0.2, -0.15) is 0 Å². The molecule has 2 bridgehead atoms. The van der Waals surface area contributed by atoms with Crippen LogP contribution in [0.5, 0.6) is 0 Å². The first-order valence-electron chi connectivity index (χ1n) is 12.9. The average molecular weight is 642 g/mol. The van der Waals surface area contributed by atoms with Gasteiger partial charge in [-0.05, 0) is 70.6 Å². The van der Waals surface area contributed by atoms with Crippen molar-refractivity contribution in [2.45, 2.75) is 0 Å². The molecule has 1 aliphatic heterocycles. The molecule has 0 radical (unpaired) electrons. The van der Waals surface area contributed by atoms with Crippen molar-refractivity contribution in [2.75, 3.05) is 4.90 Å². The number of Topliss-reactive ketones (excluding diaryl/α,β-unsaturated/α-hetero) is 1. The van der Waals surface area contributed by atoms with Gasteiger partial charge in [0.25, 0.3) is 11.8 Å². The van der Waals surface area contributed by atoms with Gasteiger partial charge in [0.2, 0.25) is 11.6 Å². The topological polar surface area (TPSA) is 84.4 Å². The van der Waals surface area contributed by atoms with Crippen LogP contribution in [0, 0.1) is 0 Å². The normalized spacial score (nSPS) is 15.4. The predicted molar refractivity (Wildman–Crippen MR) is 168 cm³/mol. The van der Waals surface area contributed by atoms with Crippen LogP contribution in [-0.4, -0.2) is 28.4 Å². The number of nitrogens with zero attached hydrogens (tertiary/aromatic N) is 2. The number of anilines is 1. The highest BCUT2D eigenvalue weighted by atomic mass is 35.5. The maximum absolute atomic E-state index is 14.0. The summed E-state index contributed by atoms with van der Waals surface area (Å²) in [5.41, 5.74) is 4.49. The fraction of sp³-hybridized carbons (Fsp3) is 0. The van der Waals surface area contributed by atoms with Crippen LogP contribution in [0.25, 0.3) is 44.1 Å². The fourth-order valence-electron chi connectivity index (χ4n) is 6.03. The minimum absolute atomic E-state index is 0.0248. The van der Waals surface area contributed by atoms with Gasteiger partial charge in [0.1, 0.15) is 0 Å². The lowest BCUT2D eigenvalue weighted by atomic mass is 9.94. The molecule has 10 heteroatoms. The molecule has 6 nitrogen and oxygen atoms in total. The molecule has 0 fully saturated rings. The van der Waals surface area contributed by atoms with E-state index in [2.05, 4.69) is 0 Å². The van der Waals surface area contributed by atoms with Crippen LogP contribution in [0.15, 0.2) is 72.8 Å². The number of para-hydroxylation sites is 1. The summed E-state index contributed by atoms with van der Waals surface area (Å²) in [5.74, 6) is -2.35. The third-order valence-electron chi connectivity index (χ3n) is 7.97. The Balaban J connectivity index is 1.28. The monoisotopic (exact) mass is 640 g/mol. The largest absolute Gasteiger partial charge is 0.286 e. The van der Waals surface area contributed by atoms with E-state index in [4.69, 9.17) is 51.4 Å². The van der Waals surface area contributed by atoms with E-state index in [1.165, 1.54) is 12.1 Å². The van der Waals surface area contributed by atoms with E-state index < -0.39 is 23.4 Å². The van der Waals surface area contributed by atoms with Crippen molar-refractivity contribution in [3.8, 4) is 11.3 Å². The Morgan fingerprint density at radius 1 is 0.674 bits per heavy atom. The smallest absolute Gasteiger partial charge is 0.267 e. The Kier molecular flexibility index (Phi) is 5.56. The van der Waals surface area contributed by atoms with Crippen molar-refractivity contribution < 1.29 is 19.2 Å². The van der Waals surface area contributed by atoms with Gasteiger partial charge < -0.3 is 0 Å². The number of rotatable bonds is 2. The number of amides is 2. The zero-order chi connectivity index (χ0) is 29.9. The zero-order valence-electron chi connectivity index (χ0n) is 21.5. The number of imide groups is 1. The molecule has 43 heavy (non-hydrogen) atoms. The molecular formula is C33H12Cl4N2O4. The van der Waals surface area contributed by atoms with Gasteiger partial charge in [-0.15, -0.1) is 0 Å². The van der Waals surface area contributed by atoms with Gasteiger partial charge in [-0.1, -0.05) is 70.7 Å². The van der Waals surface area contributed by atoms with Crippen LogP contribution >= 0.6 is 46.4 Å². The molecule has 2 heterocycles. The minimum Gasteiger partial charge on any atom is -0.286 e. The first kappa shape index (κ1) is 26.3. The fourth-order valence-corrected chi connectivity index (χ4v) is 7.06. The molecule has 0 saturated carbocycles.